The van der Waals surface area contributed by atoms with E-state index < -0.39 is 0 Å². The average molecular weight is 319 g/mol. The molecule has 3 fully saturated rings. The molecule has 0 nitrogen and oxygen atoms in total. The van der Waals surface area contributed by atoms with E-state index in [1.807, 2.05) is 0 Å². The quantitative estimate of drug-likeness (QED) is 0.457. The van der Waals surface area contributed by atoms with Gasteiger partial charge in [-0.25, -0.2) is 0 Å². The van der Waals surface area contributed by atoms with E-state index in [-0.39, 0.29) is 0 Å². The molecule has 0 aromatic rings. The van der Waals surface area contributed by atoms with Gasteiger partial charge < -0.3 is 0 Å². The van der Waals surface area contributed by atoms with Crippen molar-refractivity contribution in [3.8, 4) is 0 Å². The van der Waals surface area contributed by atoms with E-state index in [2.05, 4.69) is 55.4 Å². The first-order chi connectivity index (χ1) is 10.7. The van der Waals surface area contributed by atoms with Crippen LogP contribution < -0.4 is 0 Å². The fraction of sp³-hybridized carbons (Fsp3) is 1.00. The summed E-state index contributed by atoms with van der Waals surface area (Å²) in [5.74, 6) is 10.0. The molecule has 23 heavy (non-hydrogen) atoms. The second kappa shape index (κ2) is 6.06. The molecule has 0 aromatic carbocycles. The lowest BCUT2D eigenvalue weighted by molar-refractivity contribution is 0.296. The lowest BCUT2D eigenvalue weighted by Crippen LogP contribution is -2.12. The van der Waals surface area contributed by atoms with E-state index in [1.54, 1.807) is 0 Å². The minimum absolute atomic E-state index is 0.685. The molecule has 134 valence electrons. The van der Waals surface area contributed by atoms with Gasteiger partial charge in [0.2, 0.25) is 0 Å². The standard InChI is InChI=1S/C23H42/c1-9-18-16(6)21(18)14(4)10-19-17(7)22(19)15(5)11-23(8)12-20(23)13(2)3/h13-22H,9-12H2,1-8H3. The highest BCUT2D eigenvalue weighted by Crippen LogP contribution is 2.64. The van der Waals surface area contributed by atoms with Crippen molar-refractivity contribution in [1.82, 2.24) is 0 Å². The van der Waals surface area contributed by atoms with Gasteiger partial charge in [-0.3, -0.25) is 0 Å². The summed E-state index contributed by atoms with van der Waals surface area (Å²) in [6.07, 6.45) is 5.92. The van der Waals surface area contributed by atoms with Crippen molar-refractivity contribution >= 4 is 0 Å². The molecule has 0 aliphatic heterocycles. The Kier molecular flexibility index (Phi) is 4.70. The van der Waals surface area contributed by atoms with Crippen molar-refractivity contribution < 1.29 is 0 Å². The summed E-state index contributed by atoms with van der Waals surface area (Å²) >= 11 is 0. The molecule has 0 amide bonds. The molecule has 0 bridgehead atoms. The Morgan fingerprint density at radius 3 is 1.96 bits per heavy atom. The van der Waals surface area contributed by atoms with Crippen molar-refractivity contribution in [2.75, 3.05) is 0 Å². The molecule has 0 radical (unpaired) electrons. The van der Waals surface area contributed by atoms with Crippen LogP contribution in [0, 0.1) is 64.6 Å². The van der Waals surface area contributed by atoms with Gasteiger partial charge in [0.25, 0.3) is 0 Å². The fourth-order valence-corrected chi connectivity index (χ4v) is 7.23. The highest BCUT2D eigenvalue weighted by Gasteiger charge is 2.57. The SMILES string of the molecule is CCC1C(C)C1C(C)CC1C(C)C1C(C)CC1(C)CC1C(C)C. The van der Waals surface area contributed by atoms with Crippen LogP contribution in [-0.2, 0) is 0 Å². The van der Waals surface area contributed by atoms with Gasteiger partial charge in [-0.15, -0.1) is 0 Å². The highest BCUT2D eigenvalue weighted by atomic mass is 14.6. The molecule has 3 saturated carbocycles. The number of rotatable bonds is 8. The van der Waals surface area contributed by atoms with Crippen molar-refractivity contribution in [3.05, 3.63) is 0 Å². The first kappa shape index (κ1) is 17.8. The van der Waals surface area contributed by atoms with Crippen LogP contribution in [0.15, 0.2) is 0 Å². The van der Waals surface area contributed by atoms with Crippen LogP contribution in [0.1, 0.15) is 81.1 Å². The lowest BCUT2D eigenvalue weighted by atomic mass is 9.85. The van der Waals surface area contributed by atoms with Crippen LogP contribution in [0.4, 0.5) is 0 Å². The third-order valence-corrected chi connectivity index (χ3v) is 8.72. The molecule has 10 atom stereocenters. The van der Waals surface area contributed by atoms with E-state index in [9.17, 15) is 0 Å². The third-order valence-electron chi connectivity index (χ3n) is 8.72. The van der Waals surface area contributed by atoms with E-state index in [0.29, 0.717) is 5.41 Å². The second-order valence-corrected chi connectivity index (χ2v) is 10.7. The molecule has 3 aliphatic carbocycles. The van der Waals surface area contributed by atoms with Crippen molar-refractivity contribution in [3.63, 3.8) is 0 Å². The largest absolute Gasteiger partial charge is 0.0651 e. The molecule has 0 spiro atoms. The van der Waals surface area contributed by atoms with Gasteiger partial charge in [0.15, 0.2) is 0 Å². The first-order valence-electron chi connectivity index (χ1n) is 10.7. The Hall–Kier alpha value is 0. The van der Waals surface area contributed by atoms with Gasteiger partial charge in [-0.05, 0) is 83.9 Å². The van der Waals surface area contributed by atoms with Gasteiger partial charge in [0, 0.05) is 0 Å². The molecular weight excluding hydrogens is 276 g/mol. The molecule has 0 aromatic heterocycles. The van der Waals surface area contributed by atoms with E-state index >= 15 is 0 Å². The molecule has 0 heteroatoms. The summed E-state index contributed by atoms with van der Waals surface area (Å²) in [7, 11) is 0. The summed E-state index contributed by atoms with van der Waals surface area (Å²) in [5, 5.41) is 0. The van der Waals surface area contributed by atoms with Crippen LogP contribution in [0.3, 0.4) is 0 Å². The van der Waals surface area contributed by atoms with Crippen LogP contribution >= 0.6 is 0 Å². The number of hydrogen-bond acceptors (Lipinski definition) is 0. The van der Waals surface area contributed by atoms with Crippen LogP contribution in [0.2, 0.25) is 0 Å². The Bertz CT molecular complexity index is 424. The minimum atomic E-state index is 0.685. The number of hydrogen-bond donors (Lipinski definition) is 0. The van der Waals surface area contributed by atoms with Crippen LogP contribution in [-0.4, -0.2) is 0 Å². The van der Waals surface area contributed by atoms with E-state index in [4.69, 9.17) is 0 Å². The zero-order chi connectivity index (χ0) is 17.1. The van der Waals surface area contributed by atoms with Gasteiger partial charge in [-0.2, -0.15) is 0 Å². The third kappa shape index (κ3) is 3.25. The Morgan fingerprint density at radius 1 is 0.913 bits per heavy atom. The summed E-state index contributed by atoms with van der Waals surface area (Å²) < 4.78 is 0. The summed E-state index contributed by atoms with van der Waals surface area (Å²) in [6.45, 7) is 20.0. The van der Waals surface area contributed by atoms with Crippen molar-refractivity contribution in [2.24, 2.45) is 64.6 Å². The van der Waals surface area contributed by atoms with Crippen LogP contribution in [0.25, 0.3) is 0 Å². The molecule has 0 N–H and O–H groups in total. The summed E-state index contributed by atoms with van der Waals surface area (Å²) in [4.78, 5) is 0. The molecule has 0 saturated heterocycles. The predicted octanol–water partition coefficient (Wildman–Crippen LogP) is 6.90. The van der Waals surface area contributed by atoms with Crippen molar-refractivity contribution in [2.45, 2.75) is 81.1 Å². The minimum Gasteiger partial charge on any atom is -0.0651 e. The van der Waals surface area contributed by atoms with E-state index in [1.165, 1.54) is 25.7 Å². The first-order valence-corrected chi connectivity index (χ1v) is 10.7. The maximum atomic E-state index is 2.57. The highest BCUT2D eigenvalue weighted by molar-refractivity contribution is 5.06. The smallest absolute Gasteiger partial charge is 0.0289 e. The monoisotopic (exact) mass is 318 g/mol. The van der Waals surface area contributed by atoms with Crippen molar-refractivity contribution in [1.29, 1.82) is 0 Å². The van der Waals surface area contributed by atoms with Gasteiger partial charge in [0.05, 0.1) is 0 Å². The topological polar surface area (TPSA) is 0 Å². The predicted molar refractivity (Wildman–Crippen MR) is 101 cm³/mol. The van der Waals surface area contributed by atoms with Crippen LogP contribution in [0.5, 0.6) is 0 Å². The van der Waals surface area contributed by atoms with E-state index in [0.717, 1.165) is 59.2 Å². The normalized spacial score (nSPS) is 50.7. The Balaban J connectivity index is 1.47. The molecule has 3 rings (SSSR count). The summed E-state index contributed by atoms with van der Waals surface area (Å²) in [6, 6.07) is 0. The fourth-order valence-electron chi connectivity index (χ4n) is 7.23. The zero-order valence-electron chi connectivity index (χ0n) is 17.1. The van der Waals surface area contributed by atoms with Gasteiger partial charge in [0.1, 0.15) is 0 Å². The average Bonchev–Trinajstić information content (AvgIpc) is 3.37. The molecule has 0 heterocycles. The Morgan fingerprint density at radius 2 is 1.48 bits per heavy atom. The second-order valence-electron chi connectivity index (χ2n) is 10.7. The molecule has 10 unspecified atom stereocenters. The maximum absolute atomic E-state index is 2.57. The Labute approximate surface area is 146 Å². The van der Waals surface area contributed by atoms with Gasteiger partial charge in [-0.1, -0.05) is 61.8 Å². The zero-order valence-corrected chi connectivity index (χ0v) is 17.1. The summed E-state index contributed by atoms with van der Waals surface area (Å²) in [5.41, 5.74) is 0.685. The van der Waals surface area contributed by atoms with Gasteiger partial charge >= 0.3 is 0 Å². The lowest BCUT2D eigenvalue weighted by Gasteiger charge is -2.20. The molecule has 3 aliphatic rings. The molecular formula is C23H42. The maximum Gasteiger partial charge on any atom is -0.0289 e.